The minimum Gasteiger partial charge on any atom is -0.309 e. The zero-order valence-corrected chi connectivity index (χ0v) is 13.3. The molecule has 0 unspecified atom stereocenters. The Bertz CT molecular complexity index is 189. The summed E-state index contributed by atoms with van der Waals surface area (Å²) in [5.74, 6) is 0. The monoisotopic (exact) mass is 280 g/mol. The van der Waals surface area contributed by atoms with Crippen molar-refractivity contribution in [2.75, 3.05) is 52.5 Å². The van der Waals surface area contributed by atoms with Crippen molar-refractivity contribution in [2.45, 2.75) is 27.7 Å². The highest BCUT2D eigenvalue weighted by Crippen LogP contribution is 2.22. The van der Waals surface area contributed by atoms with Gasteiger partial charge in [-0.2, -0.15) is 0 Å². The van der Waals surface area contributed by atoms with E-state index in [1.165, 1.54) is 0 Å². The van der Waals surface area contributed by atoms with Crippen molar-refractivity contribution in [3.05, 3.63) is 0 Å². The van der Waals surface area contributed by atoms with Crippen molar-refractivity contribution in [1.82, 2.24) is 9.80 Å². The fourth-order valence-electron chi connectivity index (χ4n) is 1.64. The van der Waals surface area contributed by atoms with Gasteiger partial charge in [-0.05, 0) is 26.2 Å². The van der Waals surface area contributed by atoms with Gasteiger partial charge in [-0.3, -0.25) is 4.57 Å². The molecule has 0 aromatic rings. The molecule has 0 rings (SSSR count). The van der Waals surface area contributed by atoms with Gasteiger partial charge in [0.15, 0.2) is 0 Å². The van der Waals surface area contributed by atoms with E-state index in [0.717, 1.165) is 39.3 Å². The summed E-state index contributed by atoms with van der Waals surface area (Å²) in [7, 11) is -2.32. The third kappa shape index (κ3) is 9.06. The molecule has 0 spiro atoms. The molecule has 0 bridgehead atoms. The summed E-state index contributed by atoms with van der Waals surface area (Å²) in [5, 5.41) is 0. The van der Waals surface area contributed by atoms with E-state index in [1.54, 1.807) is 0 Å². The average Bonchev–Trinajstić information content (AvgIpc) is 2.40. The standard InChI is InChI=1S/C12H29N2O3P/c1-5-13(6-2)9-11-16-18(15)17-12-10-14(7-3)8-4/h18H,5-12H2,1-4H3. The summed E-state index contributed by atoms with van der Waals surface area (Å²) in [6.07, 6.45) is 0. The van der Waals surface area contributed by atoms with E-state index in [2.05, 4.69) is 37.5 Å². The normalized spacial score (nSPS) is 11.9. The fourth-order valence-corrected chi connectivity index (χ4v) is 2.24. The van der Waals surface area contributed by atoms with Crippen LogP contribution in [-0.4, -0.2) is 62.3 Å². The number of hydrogen-bond acceptors (Lipinski definition) is 5. The first-order chi connectivity index (χ1) is 8.67. The molecular weight excluding hydrogens is 251 g/mol. The molecule has 0 aliphatic rings. The van der Waals surface area contributed by atoms with Gasteiger partial charge in [0.2, 0.25) is 0 Å². The minimum absolute atomic E-state index is 0.477. The van der Waals surface area contributed by atoms with E-state index >= 15 is 0 Å². The van der Waals surface area contributed by atoms with Crippen LogP contribution in [0.15, 0.2) is 0 Å². The highest BCUT2D eigenvalue weighted by molar-refractivity contribution is 7.33. The smallest absolute Gasteiger partial charge is 0.309 e. The predicted molar refractivity (Wildman–Crippen MR) is 76.5 cm³/mol. The molecule has 18 heavy (non-hydrogen) atoms. The van der Waals surface area contributed by atoms with E-state index in [0.29, 0.717) is 13.2 Å². The van der Waals surface area contributed by atoms with Crippen molar-refractivity contribution in [3.63, 3.8) is 0 Å². The van der Waals surface area contributed by atoms with Crippen molar-refractivity contribution in [1.29, 1.82) is 0 Å². The van der Waals surface area contributed by atoms with Gasteiger partial charge >= 0.3 is 8.25 Å². The van der Waals surface area contributed by atoms with Crippen molar-refractivity contribution in [3.8, 4) is 0 Å². The Labute approximate surface area is 112 Å². The van der Waals surface area contributed by atoms with Gasteiger partial charge in [-0.25, -0.2) is 0 Å². The molecule has 0 heterocycles. The first-order valence-corrected chi connectivity index (χ1v) is 8.14. The number of rotatable bonds is 12. The van der Waals surface area contributed by atoms with Gasteiger partial charge in [0.25, 0.3) is 0 Å². The zero-order chi connectivity index (χ0) is 13.8. The summed E-state index contributed by atoms with van der Waals surface area (Å²) >= 11 is 0. The van der Waals surface area contributed by atoms with Crippen LogP contribution >= 0.6 is 8.25 Å². The third-order valence-electron chi connectivity index (χ3n) is 3.04. The Morgan fingerprint density at radius 3 is 1.39 bits per heavy atom. The predicted octanol–water partition coefficient (Wildman–Crippen LogP) is 2.09. The van der Waals surface area contributed by atoms with Crippen LogP contribution in [0, 0.1) is 0 Å². The van der Waals surface area contributed by atoms with Crippen LogP contribution < -0.4 is 0 Å². The minimum atomic E-state index is -2.32. The largest absolute Gasteiger partial charge is 0.319 e. The summed E-state index contributed by atoms with van der Waals surface area (Å²) in [6, 6.07) is 0. The molecule has 0 aliphatic carbocycles. The van der Waals surface area contributed by atoms with Crippen LogP contribution in [0.2, 0.25) is 0 Å². The molecule has 0 saturated heterocycles. The Hall–Kier alpha value is 0.0700. The van der Waals surface area contributed by atoms with Crippen LogP contribution in [0.1, 0.15) is 27.7 Å². The molecular formula is C12H29N2O3P. The second-order valence-corrected chi connectivity index (χ2v) is 5.08. The van der Waals surface area contributed by atoms with Crippen LogP contribution in [0.25, 0.3) is 0 Å². The maximum absolute atomic E-state index is 11.5. The SMILES string of the molecule is CCN(CC)CCO[PH](=O)OCCN(CC)CC. The van der Waals surface area contributed by atoms with Gasteiger partial charge in [0, 0.05) is 13.1 Å². The fraction of sp³-hybridized carbons (Fsp3) is 1.00. The summed E-state index contributed by atoms with van der Waals surface area (Å²) in [5.41, 5.74) is 0. The number of nitrogens with zero attached hydrogens (tertiary/aromatic N) is 2. The maximum Gasteiger partial charge on any atom is 0.319 e. The molecule has 5 nitrogen and oxygen atoms in total. The molecule has 0 N–H and O–H groups in total. The topological polar surface area (TPSA) is 42.0 Å². The van der Waals surface area contributed by atoms with Crippen LogP contribution in [0.5, 0.6) is 0 Å². The van der Waals surface area contributed by atoms with Crippen LogP contribution in [-0.2, 0) is 13.6 Å². The summed E-state index contributed by atoms with van der Waals surface area (Å²) < 4.78 is 21.8. The molecule has 0 amide bonds. The molecule has 0 saturated carbocycles. The van der Waals surface area contributed by atoms with E-state index in [4.69, 9.17) is 9.05 Å². The first-order valence-electron chi connectivity index (χ1n) is 6.92. The summed E-state index contributed by atoms with van der Waals surface area (Å²) in [4.78, 5) is 4.45. The molecule has 110 valence electrons. The second kappa shape index (κ2) is 12.1. The average molecular weight is 280 g/mol. The van der Waals surface area contributed by atoms with Gasteiger partial charge < -0.3 is 18.8 Å². The zero-order valence-electron chi connectivity index (χ0n) is 12.3. The third-order valence-corrected chi connectivity index (χ3v) is 3.92. The second-order valence-electron chi connectivity index (χ2n) is 4.00. The Kier molecular flexibility index (Phi) is 12.2. The molecule has 0 aromatic carbocycles. The quantitative estimate of drug-likeness (QED) is 0.512. The van der Waals surface area contributed by atoms with Gasteiger partial charge in [-0.1, -0.05) is 27.7 Å². The van der Waals surface area contributed by atoms with E-state index in [9.17, 15) is 4.57 Å². The van der Waals surface area contributed by atoms with Crippen molar-refractivity contribution in [2.24, 2.45) is 0 Å². The Morgan fingerprint density at radius 1 is 0.778 bits per heavy atom. The molecule has 0 radical (unpaired) electrons. The summed E-state index contributed by atoms with van der Waals surface area (Å²) in [6.45, 7) is 14.9. The van der Waals surface area contributed by atoms with E-state index < -0.39 is 8.25 Å². The highest BCUT2D eigenvalue weighted by atomic mass is 31.1. The number of likely N-dealkylation sites (N-methyl/N-ethyl adjacent to an activating group) is 2. The highest BCUT2D eigenvalue weighted by Gasteiger charge is 2.04. The molecule has 0 fully saturated rings. The lowest BCUT2D eigenvalue weighted by Gasteiger charge is -2.18. The van der Waals surface area contributed by atoms with Gasteiger partial charge in [0.05, 0.1) is 13.2 Å². The maximum atomic E-state index is 11.5. The van der Waals surface area contributed by atoms with Crippen molar-refractivity contribution >= 4 is 8.25 Å². The Balaban J connectivity index is 3.54. The number of hydrogen-bond donors (Lipinski definition) is 0. The lowest BCUT2D eigenvalue weighted by atomic mass is 10.5. The van der Waals surface area contributed by atoms with Gasteiger partial charge in [-0.15, -0.1) is 0 Å². The van der Waals surface area contributed by atoms with E-state index in [-0.39, 0.29) is 0 Å². The Morgan fingerprint density at radius 2 is 1.11 bits per heavy atom. The van der Waals surface area contributed by atoms with Crippen LogP contribution in [0.3, 0.4) is 0 Å². The lowest BCUT2D eigenvalue weighted by molar-refractivity contribution is 0.173. The van der Waals surface area contributed by atoms with Gasteiger partial charge in [0.1, 0.15) is 0 Å². The molecule has 0 aliphatic heterocycles. The molecule has 0 aromatic heterocycles. The molecule has 6 heteroatoms. The van der Waals surface area contributed by atoms with E-state index in [1.807, 2.05) is 0 Å². The van der Waals surface area contributed by atoms with Crippen molar-refractivity contribution < 1.29 is 13.6 Å². The molecule has 0 atom stereocenters. The lowest BCUT2D eigenvalue weighted by Crippen LogP contribution is -2.27. The van der Waals surface area contributed by atoms with Crippen LogP contribution in [0.4, 0.5) is 0 Å². The first kappa shape index (κ1) is 18.1.